The SMILES string of the molecule is CCc1cc(-c2ccc(C(N=CN)=NS(=O)(=O)c3ccccc3Cl)[nH]2)cc2cnc(N[C@H]3CCCCN(C(=O)OC(C)(C)C)C3)nc12. The van der Waals surface area contributed by atoms with Gasteiger partial charge in [0.2, 0.25) is 5.95 Å². The molecule has 1 saturated heterocycles. The second-order valence-corrected chi connectivity index (χ2v) is 14.2. The van der Waals surface area contributed by atoms with E-state index >= 15 is 0 Å². The summed E-state index contributed by atoms with van der Waals surface area (Å²) in [6.07, 6.45) is 5.93. The number of benzene rings is 2. The zero-order valence-electron chi connectivity index (χ0n) is 26.8. The molecule has 47 heavy (non-hydrogen) atoms. The summed E-state index contributed by atoms with van der Waals surface area (Å²) in [7, 11) is -4.17. The summed E-state index contributed by atoms with van der Waals surface area (Å²) in [5, 5.41) is 4.34. The fourth-order valence-corrected chi connectivity index (χ4v) is 6.84. The van der Waals surface area contributed by atoms with Crippen LogP contribution in [0.3, 0.4) is 0 Å². The molecule has 0 saturated carbocycles. The highest BCUT2D eigenvalue weighted by Crippen LogP contribution is 2.29. The molecule has 2 aromatic carbocycles. The fourth-order valence-electron chi connectivity index (χ4n) is 5.37. The first kappa shape index (κ1) is 33.9. The Balaban J connectivity index is 1.40. The Morgan fingerprint density at radius 2 is 2.00 bits per heavy atom. The number of anilines is 1. The van der Waals surface area contributed by atoms with Gasteiger partial charge in [-0.15, -0.1) is 4.40 Å². The minimum Gasteiger partial charge on any atom is -0.444 e. The number of carbonyl (C=O) groups excluding carboxylic acids is 1. The average Bonchev–Trinajstić information content (AvgIpc) is 3.39. The smallest absolute Gasteiger partial charge is 0.410 e. The number of aromatic nitrogens is 3. The van der Waals surface area contributed by atoms with Gasteiger partial charge in [0.05, 0.1) is 22.6 Å². The molecule has 12 nitrogen and oxygen atoms in total. The zero-order chi connectivity index (χ0) is 33.8. The van der Waals surface area contributed by atoms with Crippen LogP contribution in [0.4, 0.5) is 10.7 Å². The summed E-state index contributed by atoms with van der Waals surface area (Å²) in [5.74, 6) is 0.386. The van der Waals surface area contributed by atoms with Gasteiger partial charge in [0, 0.05) is 36.4 Å². The van der Waals surface area contributed by atoms with Gasteiger partial charge in [-0.25, -0.2) is 19.8 Å². The molecular formula is C33H39ClN8O4S. The van der Waals surface area contributed by atoms with Gasteiger partial charge in [0.15, 0.2) is 5.84 Å². The highest BCUT2D eigenvalue weighted by molar-refractivity contribution is 7.90. The predicted octanol–water partition coefficient (Wildman–Crippen LogP) is 6.16. The number of nitrogens with two attached hydrogens (primary N) is 1. The van der Waals surface area contributed by atoms with Crippen molar-refractivity contribution in [3.05, 3.63) is 71.0 Å². The van der Waals surface area contributed by atoms with E-state index in [2.05, 4.69) is 31.6 Å². The number of nitrogens with zero attached hydrogens (tertiary/aromatic N) is 5. The third kappa shape index (κ3) is 8.27. The van der Waals surface area contributed by atoms with E-state index in [0.717, 1.165) is 53.3 Å². The Labute approximate surface area is 279 Å². The van der Waals surface area contributed by atoms with Gasteiger partial charge < -0.3 is 25.7 Å². The van der Waals surface area contributed by atoms with E-state index in [1.807, 2.05) is 39.0 Å². The lowest BCUT2D eigenvalue weighted by Crippen LogP contribution is -2.42. The van der Waals surface area contributed by atoms with Crippen molar-refractivity contribution in [2.75, 3.05) is 18.4 Å². The van der Waals surface area contributed by atoms with E-state index in [1.54, 1.807) is 29.3 Å². The summed E-state index contributed by atoms with van der Waals surface area (Å²) in [4.78, 5) is 31.1. The maximum atomic E-state index is 13.0. The summed E-state index contributed by atoms with van der Waals surface area (Å²) in [6.45, 7) is 8.81. The minimum atomic E-state index is -4.17. The van der Waals surface area contributed by atoms with Crippen LogP contribution in [0.2, 0.25) is 5.02 Å². The summed E-state index contributed by atoms with van der Waals surface area (Å²) < 4.78 is 35.6. The number of amides is 1. The number of hydrogen-bond donors (Lipinski definition) is 3. The van der Waals surface area contributed by atoms with Crippen LogP contribution < -0.4 is 11.1 Å². The van der Waals surface area contributed by atoms with E-state index in [-0.39, 0.29) is 27.9 Å². The van der Waals surface area contributed by atoms with Crippen LogP contribution in [-0.4, -0.2) is 71.3 Å². The highest BCUT2D eigenvalue weighted by Gasteiger charge is 2.27. The van der Waals surface area contributed by atoms with Crippen LogP contribution in [0.15, 0.2) is 69.0 Å². The van der Waals surface area contributed by atoms with Crippen molar-refractivity contribution in [1.82, 2.24) is 19.9 Å². The van der Waals surface area contributed by atoms with Crippen LogP contribution in [0, 0.1) is 0 Å². The van der Waals surface area contributed by atoms with Crippen molar-refractivity contribution in [2.45, 2.75) is 69.9 Å². The topological polar surface area (TPSA) is 168 Å². The van der Waals surface area contributed by atoms with Gasteiger partial charge in [-0.05, 0) is 94.0 Å². The molecule has 0 unspecified atom stereocenters. The standard InChI is InChI=1S/C33H39ClN8O4S/c1-5-21-16-22(26-13-14-27(39-26)30(37-20-35)41-47(44,45)28-12-7-6-11-25(28)34)17-23-18-36-31(40-29(21)23)38-24-10-8-9-15-42(19-24)32(43)46-33(2,3)4/h6-7,11-14,16-18,20,24,39H,5,8-10,15,19H2,1-4H3,(H2,35,37,41)(H,36,38,40)/t24-/m0/s1. The number of aryl methyl sites for hydroxylation is 1. The lowest BCUT2D eigenvalue weighted by molar-refractivity contribution is 0.0252. The van der Waals surface area contributed by atoms with Crippen molar-refractivity contribution in [3.63, 3.8) is 0 Å². The first-order chi connectivity index (χ1) is 22.4. The molecule has 0 radical (unpaired) electrons. The molecule has 2 aromatic heterocycles. The average molecular weight is 679 g/mol. The molecule has 0 spiro atoms. The molecule has 4 N–H and O–H groups in total. The molecule has 0 bridgehead atoms. The monoisotopic (exact) mass is 678 g/mol. The van der Waals surface area contributed by atoms with Crippen molar-refractivity contribution in [2.24, 2.45) is 15.1 Å². The maximum Gasteiger partial charge on any atom is 0.410 e. The zero-order valence-corrected chi connectivity index (χ0v) is 28.4. The number of sulfonamides is 1. The number of likely N-dealkylation sites (tertiary alicyclic amines) is 1. The molecule has 1 atom stereocenters. The van der Waals surface area contributed by atoms with Crippen LogP contribution in [0.5, 0.6) is 0 Å². The third-order valence-electron chi connectivity index (χ3n) is 7.56. The second-order valence-electron chi connectivity index (χ2n) is 12.3. The summed E-state index contributed by atoms with van der Waals surface area (Å²) in [5.41, 5.74) is 8.74. The molecule has 1 aliphatic rings. The van der Waals surface area contributed by atoms with Gasteiger partial charge in [-0.3, -0.25) is 0 Å². The number of aromatic amines is 1. The van der Waals surface area contributed by atoms with Crippen LogP contribution in [0.1, 0.15) is 58.2 Å². The van der Waals surface area contributed by atoms with Gasteiger partial charge in [-0.1, -0.05) is 30.7 Å². The van der Waals surface area contributed by atoms with E-state index in [4.69, 9.17) is 27.1 Å². The third-order valence-corrected chi connectivity index (χ3v) is 9.32. The fraction of sp³-hybridized carbons (Fsp3) is 0.364. The van der Waals surface area contributed by atoms with Crippen LogP contribution >= 0.6 is 11.6 Å². The van der Waals surface area contributed by atoms with Gasteiger partial charge >= 0.3 is 6.09 Å². The lowest BCUT2D eigenvalue weighted by Gasteiger charge is -2.28. The van der Waals surface area contributed by atoms with Crippen molar-refractivity contribution < 1.29 is 17.9 Å². The first-order valence-electron chi connectivity index (χ1n) is 15.4. The molecule has 1 amide bonds. The van der Waals surface area contributed by atoms with Crippen molar-refractivity contribution in [1.29, 1.82) is 0 Å². The number of hydrogen-bond acceptors (Lipinski definition) is 7. The number of aliphatic imine (C=N–C) groups is 1. The number of halogens is 1. The highest BCUT2D eigenvalue weighted by atomic mass is 35.5. The molecule has 4 aromatic rings. The number of H-pyrrole nitrogens is 1. The van der Waals surface area contributed by atoms with Gasteiger partial charge in [0.1, 0.15) is 10.5 Å². The Hall–Kier alpha value is -4.49. The second kappa shape index (κ2) is 14.1. The first-order valence-corrected chi connectivity index (χ1v) is 17.3. The molecule has 0 aliphatic carbocycles. The molecule has 5 rings (SSSR count). The van der Waals surface area contributed by atoms with Crippen molar-refractivity contribution >= 4 is 56.7 Å². The number of carbonyl (C=O) groups is 1. The minimum absolute atomic E-state index is 0.0158. The quantitative estimate of drug-likeness (QED) is 0.154. The Kier molecular flexibility index (Phi) is 10.2. The number of ether oxygens (including phenoxy) is 1. The number of fused-ring (bicyclic) bond motifs is 1. The van der Waals surface area contributed by atoms with E-state index in [0.29, 0.717) is 31.2 Å². The molecule has 248 valence electrons. The Morgan fingerprint density at radius 3 is 2.72 bits per heavy atom. The van der Waals surface area contributed by atoms with E-state index in [1.165, 1.54) is 12.1 Å². The van der Waals surface area contributed by atoms with Crippen LogP contribution in [0.25, 0.3) is 22.2 Å². The Bertz CT molecular complexity index is 1930. The molecule has 1 aliphatic heterocycles. The summed E-state index contributed by atoms with van der Waals surface area (Å²) in [6, 6.07) is 13.6. The lowest BCUT2D eigenvalue weighted by atomic mass is 10.0. The number of nitrogens with one attached hydrogen (secondary N) is 2. The molecule has 1 fully saturated rings. The Morgan fingerprint density at radius 1 is 1.21 bits per heavy atom. The van der Waals surface area contributed by atoms with Crippen LogP contribution in [-0.2, 0) is 21.2 Å². The van der Waals surface area contributed by atoms with E-state index < -0.39 is 15.6 Å². The molecular weight excluding hydrogens is 640 g/mol. The van der Waals surface area contributed by atoms with Gasteiger partial charge in [0.25, 0.3) is 10.0 Å². The largest absolute Gasteiger partial charge is 0.444 e. The van der Waals surface area contributed by atoms with Gasteiger partial charge in [-0.2, -0.15) is 8.42 Å². The predicted molar refractivity (Wildman–Crippen MR) is 186 cm³/mol. The molecule has 3 heterocycles. The normalized spacial score (nSPS) is 16.4. The summed E-state index contributed by atoms with van der Waals surface area (Å²) >= 11 is 6.12. The molecule has 14 heteroatoms. The van der Waals surface area contributed by atoms with E-state index in [9.17, 15) is 13.2 Å². The maximum absolute atomic E-state index is 13.0. The number of amidine groups is 1. The van der Waals surface area contributed by atoms with Crippen molar-refractivity contribution in [3.8, 4) is 11.3 Å². The number of rotatable bonds is 7.